The summed E-state index contributed by atoms with van der Waals surface area (Å²) in [5.41, 5.74) is 2.01. The Kier molecular flexibility index (Phi) is 5.39. The molecule has 2 N–H and O–H groups in total. The summed E-state index contributed by atoms with van der Waals surface area (Å²) in [6.07, 6.45) is 4.27. The van der Waals surface area contributed by atoms with Gasteiger partial charge in [-0.05, 0) is 30.9 Å². The molecule has 3 rings (SSSR count). The van der Waals surface area contributed by atoms with Crippen molar-refractivity contribution in [3.63, 3.8) is 0 Å². The summed E-state index contributed by atoms with van der Waals surface area (Å²) in [4.78, 5) is 25.2. The second-order valence-corrected chi connectivity index (χ2v) is 7.15. The minimum atomic E-state index is -1.79. The molecule has 0 unspecified atom stereocenters. The molecular weight excluding hydrogens is 327 g/mol. The average molecular weight is 350 g/mol. The fourth-order valence-electron chi connectivity index (χ4n) is 3.32. The Bertz CT molecular complexity index is 702. The number of anilines is 1. The van der Waals surface area contributed by atoms with Crippen molar-refractivity contribution in [2.24, 2.45) is 5.92 Å². The first-order valence-corrected chi connectivity index (χ1v) is 9.46. The lowest BCUT2D eigenvalue weighted by Gasteiger charge is -2.34. The Morgan fingerprint density at radius 2 is 1.83 bits per heavy atom. The maximum atomic E-state index is 9.21. The zero-order chi connectivity index (χ0) is 17.1. The molecule has 2 aromatic rings. The molecule has 130 valence electrons. The van der Waals surface area contributed by atoms with Crippen molar-refractivity contribution in [1.82, 2.24) is 4.98 Å². The van der Waals surface area contributed by atoms with E-state index in [0.717, 1.165) is 42.5 Å². The Hall–Kier alpha value is -1.62. The zero-order valence-electron chi connectivity index (χ0n) is 14.0. The minimum Gasteiger partial charge on any atom is -0.493 e. The van der Waals surface area contributed by atoms with E-state index in [2.05, 4.69) is 9.88 Å². The number of methoxy groups -OCH3 is 2. The van der Waals surface area contributed by atoms with Crippen LogP contribution in [0.25, 0.3) is 10.9 Å². The van der Waals surface area contributed by atoms with Crippen molar-refractivity contribution in [1.29, 1.82) is 0 Å². The highest BCUT2D eigenvalue weighted by atomic mass is 31.2. The van der Waals surface area contributed by atoms with Crippen LogP contribution >= 0.6 is 8.38 Å². The fraction of sp³-hybridized carbons (Fsp3) is 0.471. The van der Waals surface area contributed by atoms with E-state index in [-0.39, 0.29) is 0 Å². The summed E-state index contributed by atoms with van der Waals surface area (Å²) >= 11 is 0. The molecular formula is C17H23N2O4P. The van der Waals surface area contributed by atoms with E-state index in [1.54, 1.807) is 14.2 Å². The van der Waals surface area contributed by atoms with E-state index in [9.17, 15) is 9.79 Å². The first kappa shape index (κ1) is 17.2. The molecule has 0 bridgehead atoms. The zero-order valence-corrected chi connectivity index (χ0v) is 14.9. The number of hydrogen-bond donors (Lipinski definition) is 2. The van der Waals surface area contributed by atoms with Gasteiger partial charge in [-0.25, -0.2) is 0 Å². The average Bonchev–Trinajstić information content (AvgIpc) is 2.60. The third-order valence-corrected chi connectivity index (χ3v) is 5.44. The summed E-state index contributed by atoms with van der Waals surface area (Å²) in [5, 5.41) is 1.04. The molecule has 24 heavy (non-hydrogen) atoms. The van der Waals surface area contributed by atoms with Gasteiger partial charge in [0.05, 0.1) is 19.7 Å². The summed E-state index contributed by atoms with van der Waals surface area (Å²) in [5.74, 6) is 1.76. The number of pyridine rings is 1. The van der Waals surface area contributed by atoms with Crippen LogP contribution in [0, 0.1) is 5.92 Å². The monoisotopic (exact) mass is 350 g/mol. The van der Waals surface area contributed by atoms with Crippen LogP contribution < -0.4 is 14.4 Å². The Balaban J connectivity index is 1.87. The largest absolute Gasteiger partial charge is 0.493 e. The lowest BCUT2D eigenvalue weighted by atomic mass is 9.98. The van der Waals surface area contributed by atoms with Gasteiger partial charge in [-0.15, -0.1) is 0 Å². The van der Waals surface area contributed by atoms with Gasteiger partial charge >= 0.3 is 0 Å². The highest BCUT2D eigenvalue weighted by molar-refractivity contribution is 7.45. The van der Waals surface area contributed by atoms with Crippen LogP contribution in [0.1, 0.15) is 12.8 Å². The maximum absolute atomic E-state index is 9.21. The normalized spacial score (nSPS) is 16.0. The van der Waals surface area contributed by atoms with Gasteiger partial charge in [-0.3, -0.25) is 4.98 Å². The smallest absolute Gasteiger partial charge is 0.165 e. The first-order valence-electron chi connectivity index (χ1n) is 8.03. The third kappa shape index (κ3) is 3.56. The number of nitrogens with zero attached hydrogens (tertiary/aromatic N) is 2. The molecule has 6 nitrogen and oxygen atoms in total. The maximum Gasteiger partial charge on any atom is 0.165 e. The van der Waals surface area contributed by atoms with Gasteiger partial charge in [0, 0.05) is 42.6 Å². The predicted octanol–water partition coefficient (Wildman–Crippen LogP) is 2.76. The summed E-state index contributed by atoms with van der Waals surface area (Å²) in [7, 11) is 1.46. The van der Waals surface area contributed by atoms with Crippen molar-refractivity contribution in [2.75, 3.05) is 38.4 Å². The third-order valence-electron chi connectivity index (χ3n) is 4.60. The summed E-state index contributed by atoms with van der Waals surface area (Å²) < 4.78 is 10.8. The standard InChI is InChI=1S/C17H23N2O4P/c1-22-16-9-13-14(10-17(16)23-2)18-6-3-15(13)19-7-4-12(5-8-19)11-24(20)21/h3,6,9-10,12,20-21H,4-5,7-8,11H2,1-2H3. The Labute approximate surface area is 142 Å². The number of rotatable bonds is 5. The summed E-state index contributed by atoms with van der Waals surface area (Å²) in [6.45, 7) is 1.81. The molecule has 0 atom stereocenters. The van der Waals surface area contributed by atoms with Crippen molar-refractivity contribution in [2.45, 2.75) is 12.8 Å². The predicted molar refractivity (Wildman–Crippen MR) is 96.0 cm³/mol. The molecule has 0 radical (unpaired) electrons. The van der Waals surface area contributed by atoms with Crippen molar-refractivity contribution in [3.8, 4) is 11.5 Å². The molecule has 1 fully saturated rings. The number of hydrogen-bond acceptors (Lipinski definition) is 6. The van der Waals surface area contributed by atoms with E-state index in [1.807, 2.05) is 24.4 Å². The number of fused-ring (bicyclic) bond motifs is 1. The number of aromatic nitrogens is 1. The van der Waals surface area contributed by atoms with E-state index < -0.39 is 8.38 Å². The highest BCUT2D eigenvalue weighted by Gasteiger charge is 2.23. The minimum absolute atomic E-state index is 0.394. The van der Waals surface area contributed by atoms with Gasteiger partial charge in [-0.2, -0.15) is 0 Å². The van der Waals surface area contributed by atoms with Gasteiger partial charge in [0.2, 0.25) is 0 Å². The number of benzene rings is 1. The first-order chi connectivity index (χ1) is 11.6. The van der Waals surface area contributed by atoms with E-state index >= 15 is 0 Å². The fourth-order valence-corrected chi connectivity index (χ4v) is 4.15. The second kappa shape index (κ2) is 7.51. The van der Waals surface area contributed by atoms with Crippen LogP contribution in [0.4, 0.5) is 5.69 Å². The van der Waals surface area contributed by atoms with Crippen LogP contribution in [0.3, 0.4) is 0 Å². The molecule has 1 saturated heterocycles. The quantitative estimate of drug-likeness (QED) is 0.808. The topological polar surface area (TPSA) is 75.1 Å². The second-order valence-electron chi connectivity index (χ2n) is 6.04. The molecule has 7 heteroatoms. The van der Waals surface area contributed by atoms with Gasteiger partial charge in [0.15, 0.2) is 19.9 Å². The van der Waals surface area contributed by atoms with E-state index in [4.69, 9.17) is 9.47 Å². The van der Waals surface area contributed by atoms with Crippen LogP contribution in [-0.4, -0.2) is 48.2 Å². The van der Waals surface area contributed by atoms with Crippen LogP contribution in [-0.2, 0) is 0 Å². The van der Waals surface area contributed by atoms with Crippen molar-refractivity contribution < 1.29 is 19.3 Å². The molecule has 0 spiro atoms. The van der Waals surface area contributed by atoms with Crippen molar-refractivity contribution in [3.05, 3.63) is 24.4 Å². The van der Waals surface area contributed by atoms with Gasteiger partial charge in [-0.1, -0.05) is 0 Å². The molecule has 1 aliphatic rings. The van der Waals surface area contributed by atoms with E-state index in [0.29, 0.717) is 23.6 Å². The molecule has 1 aliphatic heterocycles. The van der Waals surface area contributed by atoms with Crippen LogP contribution in [0.2, 0.25) is 0 Å². The molecule has 0 saturated carbocycles. The van der Waals surface area contributed by atoms with E-state index in [1.165, 1.54) is 0 Å². The summed E-state index contributed by atoms with van der Waals surface area (Å²) in [6, 6.07) is 5.90. The highest BCUT2D eigenvalue weighted by Crippen LogP contribution is 2.38. The molecule has 2 heterocycles. The van der Waals surface area contributed by atoms with Crippen LogP contribution in [0.15, 0.2) is 24.4 Å². The number of ether oxygens (including phenoxy) is 2. The van der Waals surface area contributed by atoms with Crippen LogP contribution in [0.5, 0.6) is 11.5 Å². The molecule has 1 aromatic heterocycles. The Morgan fingerprint density at radius 1 is 1.17 bits per heavy atom. The SMILES string of the molecule is COc1cc2nccc(N3CCC(CP(O)O)CC3)c2cc1OC. The van der Waals surface area contributed by atoms with Gasteiger partial charge in [0.25, 0.3) is 0 Å². The number of piperidine rings is 1. The lowest BCUT2D eigenvalue weighted by molar-refractivity contribution is 0.356. The lowest BCUT2D eigenvalue weighted by Crippen LogP contribution is -2.34. The van der Waals surface area contributed by atoms with Gasteiger partial charge < -0.3 is 24.2 Å². The molecule has 0 amide bonds. The van der Waals surface area contributed by atoms with Crippen molar-refractivity contribution >= 4 is 25.0 Å². The molecule has 1 aromatic carbocycles. The van der Waals surface area contributed by atoms with Gasteiger partial charge in [0.1, 0.15) is 0 Å². The Morgan fingerprint density at radius 3 is 2.46 bits per heavy atom. The molecule has 0 aliphatic carbocycles.